The standard InChI is InChI=1S/9CH3.As.3Pb/h9*1H3;;;;. The van der Waals surface area contributed by atoms with E-state index in [0.717, 1.165) is 0 Å². The van der Waals surface area contributed by atoms with Crippen LogP contribution in [-0.4, -0.2) is 57.9 Å². The van der Waals surface area contributed by atoms with Gasteiger partial charge in [0.05, 0.1) is 0 Å². The maximum absolute atomic E-state index is 2.75. The zero-order chi connectivity index (χ0) is 11.1. The van der Waals surface area contributed by atoms with Crippen molar-refractivity contribution in [1.29, 1.82) is 0 Å². The van der Waals surface area contributed by atoms with Crippen molar-refractivity contribution in [2.45, 2.75) is 40.3 Å². The van der Waals surface area contributed by atoms with E-state index in [1.54, 1.807) is 0 Å². The van der Waals surface area contributed by atoms with Crippen molar-refractivity contribution in [3.63, 3.8) is 0 Å². The van der Waals surface area contributed by atoms with Gasteiger partial charge in [0, 0.05) is 0 Å². The van der Waals surface area contributed by atoms with Gasteiger partial charge >= 0.3 is 98.3 Å². The van der Waals surface area contributed by atoms with Gasteiger partial charge < -0.3 is 0 Å². The van der Waals surface area contributed by atoms with Gasteiger partial charge in [0.15, 0.2) is 0 Å². The number of rotatable bonds is 3. The second kappa shape index (κ2) is 5.31. The van der Waals surface area contributed by atoms with E-state index in [1.807, 2.05) is 0 Å². The first-order valence-electron chi connectivity index (χ1n) is 5.17. The summed E-state index contributed by atoms with van der Waals surface area (Å²) < 4.78 is 24.6. The van der Waals surface area contributed by atoms with Gasteiger partial charge in [-0.25, -0.2) is 0 Å². The fraction of sp³-hybridized carbons (Fsp3) is 1.00. The topological polar surface area (TPSA) is 0 Å². The van der Waals surface area contributed by atoms with Gasteiger partial charge in [-0.1, -0.05) is 0 Å². The summed E-state index contributed by atoms with van der Waals surface area (Å²) in [5, 5.41) is 0. The third kappa shape index (κ3) is 5.98. The molecule has 0 saturated heterocycles. The third-order valence-electron chi connectivity index (χ3n) is 2.01. The fourth-order valence-electron chi connectivity index (χ4n) is 3.02. The molecule has 13 heavy (non-hydrogen) atoms. The van der Waals surface area contributed by atoms with Crippen LogP contribution < -0.4 is 0 Å². The molecule has 0 aliphatic rings. The molecular formula is C9H27AsPb3. The van der Waals surface area contributed by atoms with Gasteiger partial charge in [0.1, 0.15) is 0 Å². The maximum atomic E-state index is 2.75. The average Bonchev–Trinajstić information content (AvgIpc) is 1.44. The van der Waals surface area contributed by atoms with E-state index in [4.69, 9.17) is 0 Å². The van der Waals surface area contributed by atoms with E-state index >= 15 is 0 Å². The molecule has 0 N–H and O–H groups in total. The van der Waals surface area contributed by atoms with Crippen molar-refractivity contribution in [2.75, 3.05) is 0 Å². The van der Waals surface area contributed by atoms with Crippen LogP contribution >= 0.6 is 0 Å². The molecule has 0 aromatic carbocycles. The molecule has 0 aromatic heterocycles. The number of hydrogen-bond donors (Lipinski definition) is 0. The van der Waals surface area contributed by atoms with Crippen molar-refractivity contribution < 1.29 is 0 Å². The van der Waals surface area contributed by atoms with Crippen molar-refractivity contribution in [3.8, 4) is 0 Å². The monoisotopic (exact) mass is 834 g/mol. The van der Waals surface area contributed by atoms with E-state index in [0.29, 0.717) is 0 Å². The van der Waals surface area contributed by atoms with E-state index in [2.05, 4.69) is 40.3 Å². The first kappa shape index (κ1) is 16.3. The van der Waals surface area contributed by atoms with Gasteiger partial charge in [0.2, 0.25) is 0 Å². The van der Waals surface area contributed by atoms with Crippen LogP contribution in [0.15, 0.2) is 0 Å². The van der Waals surface area contributed by atoms with Crippen LogP contribution in [0, 0.1) is 0 Å². The van der Waals surface area contributed by atoms with Crippen molar-refractivity contribution in [2.24, 2.45) is 0 Å². The second-order valence-corrected chi connectivity index (χ2v) is 265. The Morgan fingerprint density at radius 1 is 0.462 bits per heavy atom. The van der Waals surface area contributed by atoms with Crippen LogP contribution in [0.1, 0.15) is 0 Å². The van der Waals surface area contributed by atoms with Gasteiger partial charge in [-0.15, -0.1) is 0 Å². The van der Waals surface area contributed by atoms with Crippen LogP contribution in [-0.2, 0) is 0 Å². The molecular weight excluding hydrogens is 805 g/mol. The molecule has 0 aliphatic heterocycles. The summed E-state index contributed by atoms with van der Waals surface area (Å²) >= 11 is -4.74. The molecule has 80 valence electrons. The first-order valence-corrected chi connectivity index (χ1v) is 70.1. The Morgan fingerprint density at radius 3 is 0.615 bits per heavy atom. The average molecular weight is 832 g/mol. The molecule has 0 atom stereocenters. The quantitative estimate of drug-likeness (QED) is 0.381. The Labute approximate surface area is 95.6 Å². The Bertz CT molecular complexity index is 137. The summed E-state index contributed by atoms with van der Waals surface area (Å²) in [5.41, 5.74) is 0. The van der Waals surface area contributed by atoms with Gasteiger partial charge in [-0.2, -0.15) is 0 Å². The molecule has 0 saturated carbocycles. The van der Waals surface area contributed by atoms with Crippen LogP contribution in [0.5, 0.6) is 0 Å². The molecule has 0 aromatic rings. The SMILES string of the molecule is [CH3][Pb]([CH3])([CH3])[As]([Pb]([CH3])([CH3])[CH3])[Pb]([CH3])([CH3])[CH3]. The summed E-state index contributed by atoms with van der Waals surface area (Å²) in [4.78, 5) is 0. The molecule has 0 bridgehead atoms. The van der Waals surface area contributed by atoms with E-state index in [1.165, 1.54) is 0 Å². The van der Waals surface area contributed by atoms with Gasteiger partial charge in [-0.3, -0.25) is 0 Å². The summed E-state index contributed by atoms with van der Waals surface area (Å²) in [6.07, 6.45) is 0. The molecule has 0 rings (SSSR count). The zero-order valence-electron chi connectivity index (χ0n) is 10.9. The van der Waals surface area contributed by atoms with Crippen LogP contribution in [0.25, 0.3) is 0 Å². The van der Waals surface area contributed by atoms with Gasteiger partial charge in [0.25, 0.3) is 0 Å². The zero-order valence-corrected chi connectivity index (χ0v) is 24.5. The van der Waals surface area contributed by atoms with Crippen molar-refractivity contribution in [1.82, 2.24) is 0 Å². The van der Waals surface area contributed by atoms with E-state index in [-0.39, 0.29) is 2.42 Å². The van der Waals surface area contributed by atoms with Crippen molar-refractivity contribution in [3.05, 3.63) is 0 Å². The minimum atomic E-state index is -1.58. The Balaban J connectivity index is 5.02. The van der Waals surface area contributed by atoms with Crippen LogP contribution in [0.2, 0.25) is 40.3 Å². The van der Waals surface area contributed by atoms with Crippen LogP contribution in [0.3, 0.4) is 0 Å². The normalized spacial score (nSPS) is 15.2. The first-order chi connectivity index (χ1) is 5.37. The summed E-state index contributed by atoms with van der Waals surface area (Å²) in [6, 6.07) is 0. The molecule has 0 radical (unpaired) electrons. The molecule has 0 unspecified atom stereocenters. The molecule has 0 aliphatic carbocycles. The second-order valence-electron chi connectivity index (χ2n) is 6.85. The molecule has 0 spiro atoms. The van der Waals surface area contributed by atoms with Crippen LogP contribution in [0.4, 0.5) is 0 Å². The summed E-state index contributed by atoms with van der Waals surface area (Å²) in [6.45, 7) is 0. The predicted molar refractivity (Wildman–Crippen MR) is 75.8 cm³/mol. The molecule has 0 fully saturated rings. The predicted octanol–water partition coefficient (Wildman–Crippen LogP) is 3.73. The molecule has 0 nitrogen and oxygen atoms in total. The third-order valence-corrected chi connectivity index (χ3v) is 805. The molecule has 0 heterocycles. The number of hydrogen-bond acceptors (Lipinski definition) is 0. The summed E-state index contributed by atoms with van der Waals surface area (Å²) in [7, 11) is 0. The van der Waals surface area contributed by atoms with Gasteiger partial charge in [-0.05, 0) is 0 Å². The minimum absolute atomic E-state index is 0.208. The fourth-order valence-corrected chi connectivity index (χ4v) is 1210. The summed E-state index contributed by atoms with van der Waals surface area (Å²) in [5.74, 6) is 0. The van der Waals surface area contributed by atoms with E-state index < -0.39 is 55.5 Å². The molecule has 4 heteroatoms. The Hall–Kier alpha value is 3.32. The van der Waals surface area contributed by atoms with E-state index in [9.17, 15) is 0 Å². The Kier molecular flexibility index (Phi) is 6.67. The Morgan fingerprint density at radius 2 is 0.615 bits per heavy atom. The van der Waals surface area contributed by atoms with Crippen molar-refractivity contribution >= 4 is 57.9 Å². The molecule has 0 amide bonds.